The van der Waals surface area contributed by atoms with E-state index in [1.54, 1.807) is 30.5 Å². The predicted octanol–water partition coefficient (Wildman–Crippen LogP) is 3.67. The zero-order valence-corrected chi connectivity index (χ0v) is 17.2. The van der Waals surface area contributed by atoms with Crippen LogP contribution in [-0.2, 0) is 11.3 Å². The van der Waals surface area contributed by atoms with Crippen molar-refractivity contribution in [1.82, 2.24) is 15.1 Å². The number of aromatic nitrogens is 3. The van der Waals surface area contributed by atoms with Crippen molar-refractivity contribution in [1.29, 1.82) is 0 Å². The molecule has 156 valence electrons. The maximum atomic E-state index is 11.9. The van der Waals surface area contributed by atoms with Crippen LogP contribution in [0, 0.1) is 6.92 Å². The van der Waals surface area contributed by atoms with E-state index >= 15 is 0 Å². The number of aryl methyl sites for hydroxylation is 1. The van der Waals surface area contributed by atoms with E-state index in [4.69, 9.17) is 31.3 Å². The molecule has 1 aliphatic rings. The molecule has 1 fully saturated rings. The van der Waals surface area contributed by atoms with E-state index in [0.29, 0.717) is 52.5 Å². The first kappa shape index (κ1) is 20.3. The van der Waals surface area contributed by atoms with Gasteiger partial charge in [0, 0.05) is 31.4 Å². The zero-order chi connectivity index (χ0) is 21.1. The number of carbonyl (C=O) groups is 1. The summed E-state index contributed by atoms with van der Waals surface area (Å²) >= 11 is 5.92. The summed E-state index contributed by atoms with van der Waals surface area (Å²) in [4.78, 5) is 20.8. The van der Waals surface area contributed by atoms with Crippen LogP contribution in [0.15, 0.2) is 35.0 Å². The number of carbonyl (C=O) groups excluding carboxylic acids is 1. The van der Waals surface area contributed by atoms with E-state index in [-0.39, 0.29) is 12.5 Å². The molecule has 1 amide bonds. The molecular formula is C21H21ClN4O4. The minimum Gasteiger partial charge on any atom is -0.473 e. The molecular weight excluding hydrogens is 408 g/mol. The highest BCUT2D eigenvalue weighted by Gasteiger charge is 2.24. The first-order chi connectivity index (χ1) is 14.5. The largest absolute Gasteiger partial charge is 0.473 e. The molecule has 3 aromatic rings. The number of hydrogen-bond acceptors (Lipinski definition) is 7. The quantitative estimate of drug-likeness (QED) is 0.637. The van der Waals surface area contributed by atoms with E-state index in [9.17, 15) is 4.79 Å². The lowest BCUT2D eigenvalue weighted by molar-refractivity contribution is 0.0834. The highest BCUT2D eigenvalue weighted by molar-refractivity contribution is 6.30. The number of amides is 1. The molecule has 0 radical (unpaired) electrons. The van der Waals surface area contributed by atoms with Crippen LogP contribution in [0.25, 0.3) is 11.4 Å². The van der Waals surface area contributed by atoms with E-state index in [1.165, 1.54) is 0 Å². The molecule has 1 saturated heterocycles. The first-order valence-corrected chi connectivity index (χ1v) is 9.99. The number of pyridine rings is 2. The van der Waals surface area contributed by atoms with E-state index in [1.807, 2.05) is 6.92 Å². The highest BCUT2D eigenvalue weighted by Crippen LogP contribution is 2.30. The Morgan fingerprint density at radius 3 is 2.77 bits per heavy atom. The Kier molecular flexibility index (Phi) is 5.96. The van der Waals surface area contributed by atoms with Crippen LogP contribution in [0.5, 0.6) is 5.88 Å². The van der Waals surface area contributed by atoms with Gasteiger partial charge < -0.3 is 19.7 Å². The number of nitrogens with zero attached hydrogens (tertiary/aromatic N) is 3. The fourth-order valence-corrected chi connectivity index (χ4v) is 3.56. The van der Waals surface area contributed by atoms with E-state index < -0.39 is 5.91 Å². The molecule has 0 unspecified atom stereocenters. The predicted molar refractivity (Wildman–Crippen MR) is 109 cm³/mol. The summed E-state index contributed by atoms with van der Waals surface area (Å²) in [6.07, 6.45) is 3.12. The summed E-state index contributed by atoms with van der Waals surface area (Å²) in [5.41, 5.74) is 8.61. The number of halogens is 1. The van der Waals surface area contributed by atoms with Gasteiger partial charge in [-0.1, -0.05) is 16.8 Å². The molecule has 30 heavy (non-hydrogen) atoms. The van der Waals surface area contributed by atoms with Gasteiger partial charge >= 0.3 is 0 Å². The Morgan fingerprint density at radius 1 is 1.27 bits per heavy atom. The monoisotopic (exact) mass is 428 g/mol. The standard InChI is InChI=1S/C21H21ClN4O4/c1-12-16(20(26-30-12)17-4-2-14(22)10-24-17)11-29-18-5-3-15(21(23)27)19(25-18)13-6-8-28-9-7-13/h2-5,10,13H,6-9,11H2,1H3,(H2,23,27). The van der Waals surface area contributed by atoms with Crippen LogP contribution < -0.4 is 10.5 Å². The second kappa shape index (κ2) is 8.81. The molecule has 0 bridgehead atoms. The van der Waals surface area contributed by atoms with Crippen molar-refractivity contribution in [2.45, 2.75) is 32.3 Å². The van der Waals surface area contributed by atoms with Gasteiger partial charge in [-0.05, 0) is 38.0 Å². The lowest BCUT2D eigenvalue weighted by Gasteiger charge is -2.23. The minimum atomic E-state index is -0.499. The average Bonchev–Trinajstić information content (AvgIpc) is 3.13. The van der Waals surface area contributed by atoms with Gasteiger partial charge in [-0.25, -0.2) is 4.98 Å². The maximum absolute atomic E-state index is 11.9. The summed E-state index contributed by atoms with van der Waals surface area (Å²) in [7, 11) is 0. The van der Waals surface area contributed by atoms with Gasteiger partial charge in [0.25, 0.3) is 5.91 Å². The third-order valence-electron chi connectivity index (χ3n) is 5.09. The van der Waals surface area contributed by atoms with Gasteiger partial charge in [-0.2, -0.15) is 0 Å². The number of primary amides is 1. The molecule has 0 aliphatic carbocycles. The van der Waals surface area contributed by atoms with Crippen molar-refractivity contribution in [3.8, 4) is 17.3 Å². The molecule has 1 aliphatic heterocycles. The number of ether oxygens (including phenoxy) is 2. The van der Waals surface area contributed by atoms with Gasteiger partial charge in [-0.15, -0.1) is 0 Å². The van der Waals surface area contributed by atoms with Crippen LogP contribution in [0.2, 0.25) is 5.02 Å². The van der Waals surface area contributed by atoms with Crippen molar-refractivity contribution in [2.24, 2.45) is 5.73 Å². The fraction of sp³-hybridized carbons (Fsp3) is 0.333. The lowest BCUT2D eigenvalue weighted by Crippen LogP contribution is -2.21. The third kappa shape index (κ3) is 4.29. The molecule has 0 spiro atoms. The van der Waals surface area contributed by atoms with Crippen molar-refractivity contribution >= 4 is 17.5 Å². The lowest BCUT2D eigenvalue weighted by atomic mass is 9.92. The number of rotatable bonds is 6. The van der Waals surface area contributed by atoms with Crippen LogP contribution in [0.1, 0.15) is 46.1 Å². The summed E-state index contributed by atoms with van der Waals surface area (Å²) in [5, 5.41) is 4.64. The number of nitrogens with two attached hydrogens (primary N) is 1. The molecule has 8 nitrogen and oxygen atoms in total. The smallest absolute Gasteiger partial charge is 0.250 e. The molecule has 3 aromatic heterocycles. The zero-order valence-electron chi connectivity index (χ0n) is 16.4. The fourth-order valence-electron chi connectivity index (χ4n) is 3.45. The second-order valence-corrected chi connectivity index (χ2v) is 7.49. The van der Waals surface area contributed by atoms with Gasteiger partial charge in [0.15, 0.2) is 0 Å². The Balaban J connectivity index is 1.58. The Morgan fingerprint density at radius 2 is 2.07 bits per heavy atom. The topological polar surface area (TPSA) is 113 Å². The molecule has 0 atom stereocenters. The molecule has 0 saturated carbocycles. The second-order valence-electron chi connectivity index (χ2n) is 7.05. The van der Waals surface area contributed by atoms with Crippen molar-refractivity contribution in [2.75, 3.05) is 13.2 Å². The SMILES string of the molecule is Cc1onc(-c2ccc(Cl)cn2)c1COc1ccc(C(N)=O)c(C2CCOCC2)n1. The van der Waals surface area contributed by atoms with Gasteiger partial charge in [0.05, 0.1) is 27.5 Å². The molecule has 2 N–H and O–H groups in total. The van der Waals surface area contributed by atoms with Crippen LogP contribution in [0.4, 0.5) is 0 Å². The summed E-state index contributed by atoms with van der Waals surface area (Å²) in [6, 6.07) is 6.82. The molecule has 4 heterocycles. The van der Waals surface area contributed by atoms with Gasteiger partial charge in [-0.3, -0.25) is 9.78 Å². The third-order valence-corrected chi connectivity index (χ3v) is 5.32. The summed E-state index contributed by atoms with van der Waals surface area (Å²) < 4.78 is 16.7. The summed E-state index contributed by atoms with van der Waals surface area (Å²) in [5.74, 6) is 0.634. The van der Waals surface area contributed by atoms with Gasteiger partial charge in [0.2, 0.25) is 5.88 Å². The van der Waals surface area contributed by atoms with Crippen molar-refractivity contribution in [3.05, 3.63) is 58.1 Å². The Hall–Kier alpha value is -2.97. The van der Waals surface area contributed by atoms with E-state index in [0.717, 1.165) is 18.4 Å². The number of hydrogen-bond donors (Lipinski definition) is 1. The van der Waals surface area contributed by atoms with Crippen LogP contribution in [-0.4, -0.2) is 34.2 Å². The molecule has 0 aromatic carbocycles. The van der Waals surface area contributed by atoms with Crippen molar-refractivity contribution < 1.29 is 18.8 Å². The highest BCUT2D eigenvalue weighted by atomic mass is 35.5. The molecule has 4 rings (SSSR count). The maximum Gasteiger partial charge on any atom is 0.250 e. The minimum absolute atomic E-state index is 0.107. The average molecular weight is 429 g/mol. The van der Waals surface area contributed by atoms with E-state index in [2.05, 4.69) is 15.1 Å². The van der Waals surface area contributed by atoms with Crippen molar-refractivity contribution in [3.63, 3.8) is 0 Å². The Bertz CT molecular complexity index is 1050. The molecule has 9 heteroatoms. The Labute approximate surface area is 178 Å². The van der Waals surface area contributed by atoms with Gasteiger partial charge in [0.1, 0.15) is 18.1 Å². The first-order valence-electron chi connectivity index (χ1n) is 9.61. The normalized spacial score (nSPS) is 14.6. The van der Waals surface area contributed by atoms with Crippen LogP contribution in [0.3, 0.4) is 0 Å². The summed E-state index contributed by atoms with van der Waals surface area (Å²) in [6.45, 7) is 3.26. The van der Waals surface area contributed by atoms with Crippen LogP contribution >= 0.6 is 11.6 Å².